The van der Waals surface area contributed by atoms with E-state index in [1.807, 2.05) is 23.6 Å². The molecule has 1 atom stereocenters. The lowest BCUT2D eigenvalue weighted by Gasteiger charge is -2.24. The van der Waals surface area contributed by atoms with Crippen molar-refractivity contribution in [3.05, 3.63) is 57.3 Å². The molecule has 2 rings (SSSR count). The van der Waals surface area contributed by atoms with Gasteiger partial charge in [0, 0.05) is 5.70 Å². The van der Waals surface area contributed by atoms with Crippen LogP contribution in [0.25, 0.3) is 0 Å². The molecule has 0 bridgehead atoms. The van der Waals surface area contributed by atoms with Crippen molar-refractivity contribution >= 4 is 11.9 Å². The van der Waals surface area contributed by atoms with Crippen LogP contribution in [-0.2, 0) is 9.53 Å². The molecule has 1 aliphatic rings. The summed E-state index contributed by atoms with van der Waals surface area (Å²) >= 11 is 0. The molecular formula is C14H16N4O4. The second-order valence-electron chi connectivity index (χ2n) is 4.54. The molecule has 22 heavy (non-hydrogen) atoms. The number of nitro groups is 1. The van der Waals surface area contributed by atoms with E-state index in [1.54, 1.807) is 26.0 Å². The summed E-state index contributed by atoms with van der Waals surface area (Å²) < 4.78 is 5.06. The smallest absolute Gasteiger partial charge is 0.338 e. The Kier molecular flexibility index (Phi) is 4.72. The van der Waals surface area contributed by atoms with Gasteiger partial charge < -0.3 is 10.1 Å². The van der Waals surface area contributed by atoms with Gasteiger partial charge in [0.25, 0.3) is 5.96 Å². The molecule has 1 aromatic carbocycles. The first kappa shape index (κ1) is 15.5. The molecule has 8 nitrogen and oxygen atoms in total. The van der Waals surface area contributed by atoms with Crippen LogP contribution in [0.1, 0.15) is 25.5 Å². The molecule has 0 saturated carbocycles. The molecule has 0 amide bonds. The number of allylic oxidation sites excluding steroid dienone is 1. The van der Waals surface area contributed by atoms with Crippen molar-refractivity contribution in [1.82, 2.24) is 10.7 Å². The van der Waals surface area contributed by atoms with Gasteiger partial charge >= 0.3 is 5.97 Å². The van der Waals surface area contributed by atoms with E-state index in [2.05, 4.69) is 10.3 Å². The molecule has 0 radical (unpaired) electrons. The number of carbonyl (C=O) groups excluding carboxylic acids is 1. The maximum absolute atomic E-state index is 12.2. The highest BCUT2D eigenvalue weighted by Crippen LogP contribution is 2.30. The molecule has 0 fully saturated rings. The fourth-order valence-corrected chi connectivity index (χ4v) is 2.17. The number of guanidine groups is 1. The zero-order valence-electron chi connectivity index (χ0n) is 12.2. The summed E-state index contributed by atoms with van der Waals surface area (Å²) in [6.45, 7) is 3.60. The van der Waals surface area contributed by atoms with Crippen LogP contribution in [0.4, 0.5) is 0 Å². The lowest BCUT2D eigenvalue weighted by atomic mass is 9.96. The number of benzene rings is 1. The van der Waals surface area contributed by atoms with E-state index in [0.717, 1.165) is 5.56 Å². The lowest BCUT2D eigenvalue weighted by molar-refractivity contribution is -0.525. The van der Waals surface area contributed by atoms with Crippen LogP contribution in [0.2, 0.25) is 0 Å². The van der Waals surface area contributed by atoms with Crippen molar-refractivity contribution in [1.29, 1.82) is 0 Å². The Morgan fingerprint density at radius 3 is 2.73 bits per heavy atom. The zero-order chi connectivity index (χ0) is 16.1. The first-order valence-electron chi connectivity index (χ1n) is 6.71. The van der Waals surface area contributed by atoms with Gasteiger partial charge in [0.1, 0.15) is 6.04 Å². The first-order valence-corrected chi connectivity index (χ1v) is 6.71. The molecule has 116 valence electrons. The first-order chi connectivity index (χ1) is 10.5. The molecular weight excluding hydrogens is 288 g/mol. The van der Waals surface area contributed by atoms with Gasteiger partial charge in [-0.3, -0.25) is 0 Å². The van der Waals surface area contributed by atoms with Crippen LogP contribution in [0.15, 0.2) is 46.6 Å². The molecule has 2 N–H and O–H groups in total. The van der Waals surface area contributed by atoms with Gasteiger partial charge in [0.2, 0.25) is 0 Å². The van der Waals surface area contributed by atoms with Gasteiger partial charge in [-0.1, -0.05) is 35.8 Å². The Balaban J connectivity index is 2.42. The van der Waals surface area contributed by atoms with Crippen LogP contribution >= 0.6 is 0 Å². The van der Waals surface area contributed by atoms with Gasteiger partial charge in [0.15, 0.2) is 5.03 Å². The van der Waals surface area contributed by atoms with Crippen molar-refractivity contribution in [3.63, 3.8) is 0 Å². The Labute approximate surface area is 127 Å². The Bertz CT molecular complexity index is 640. The number of nitrogens with zero attached hydrogens (tertiary/aromatic N) is 2. The maximum atomic E-state index is 12.2. The van der Waals surface area contributed by atoms with Gasteiger partial charge in [-0.05, 0) is 19.4 Å². The van der Waals surface area contributed by atoms with Crippen LogP contribution in [-0.4, -0.2) is 23.6 Å². The molecule has 1 unspecified atom stereocenters. The van der Waals surface area contributed by atoms with E-state index in [0.29, 0.717) is 11.3 Å². The minimum absolute atomic E-state index is 0.0237. The van der Waals surface area contributed by atoms with Gasteiger partial charge in [-0.2, -0.15) is 0 Å². The second-order valence-corrected chi connectivity index (χ2v) is 4.54. The number of ether oxygens (including phenoxy) is 1. The zero-order valence-corrected chi connectivity index (χ0v) is 12.2. The summed E-state index contributed by atoms with van der Waals surface area (Å²) in [4.78, 5) is 27.0. The van der Waals surface area contributed by atoms with E-state index in [4.69, 9.17) is 4.74 Å². The number of nitrogens with one attached hydrogen (secondary N) is 2. The molecule has 0 aromatic heterocycles. The van der Waals surface area contributed by atoms with Crippen LogP contribution < -0.4 is 10.7 Å². The molecule has 1 aliphatic heterocycles. The summed E-state index contributed by atoms with van der Waals surface area (Å²) in [7, 11) is 0. The molecule has 1 heterocycles. The van der Waals surface area contributed by atoms with Crippen molar-refractivity contribution in [2.24, 2.45) is 4.99 Å². The fourth-order valence-electron chi connectivity index (χ4n) is 2.17. The summed E-state index contributed by atoms with van der Waals surface area (Å²) in [6, 6.07) is 8.40. The van der Waals surface area contributed by atoms with E-state index < -0.39 is 17.0 Å². The molecule has 8 heteroatoms. The van der Waals surface area contributed by atoms with E-state index in [9.17, 15) is 14.9 Å². The SMILES string of the molecule is CCOC(=O)C1=C(C)NC(N[N+](=O)[O-])=NC1c1ccccc1. The van der Waals surface area contributed by atoms with Crippen molar-refractivity contribution in [3.8, 4) is 0 Å². The third kappa shape index (κ3) is 3.40. The fraction of sp³-hybridized carbons (Fsp3) is 0.286. The highest BCUT2D eigenvalue weighted by molar-refractivity contribution is 5.95. The summed E-state index contributed by atoms with van der Waals surface area (Å²) in [5.74, 6) is -0.519. The predicted molar refractivity (Wildman–Crippen MR) is 79.2 cm³/mol. The minimum atomic E-state index is -0.712. The molecule has 0 spiro atoms. The summed E-state index contributed by atoms with van der Waals surface area (Å²) in [5.41, 5.74) is 3.52. The number of hydrogen-bond donors (Lipinski definition) is 2. The second kappa shape index (κ2) is 6.70. The number of hydrazine groups is 1. The van der Waals surface area contributed by atoms with Crippen LogP contribution in [0.3, 0.4) is 0 Å². The number of carbonyl (C=O) groups is 1. The number of rotatable bonds is 4. The Hall–Kier alpha value is -2.90. The highest BCUT2D eigenvalue weighted by Gasteiger charge is 2.31. The Morgan fingerprint density at radius 1 is 1.45 bits per heavy atom. The van der Waals surface area contributed by atoms with E-state index in [1.165, 1.54) is 0 Å². The highest BCUT2D eigenvalue weighted by atomic mass is 16.7. The average Bonchev–Trinajstić information content (AvgIpc) is 2.47. The van der Waals surface area contributed by atoms with Crippen molar-refractivity contribution in [2.45, 2.75) is 19.9 Å². The van der Waals surface area contributed by atoms with Crippen LogP contribution in [0, 0.1) is 10.1 Å². The predicted octanol–water partition coefficient (Wildman–Crippen LogP) is 1.31. The van der Waals surface area contributed by atoms with Gasteiger partial charge in [0.05, 0.1) is 12.2 Å². The van der Waals surface area contributed by atoms with Gasteiger partial charge in [-0.15, -0.1) is 0 Å². The summed E-state index contributed by atoms with van der Waals surface area (Å²) in [6.07, 6.45) is 0. The topological polar surface area (TPSA) is 106 Å². The number of hydrogen-bond acceptors (Lipinski definition) is 6. The average molecular weight is 304 g/mol. The van der Waals surface area contributed by atoms with Crippen molar-refractivity contribution < 1.29 is 14.6 Å². The largest absolute Gasteiger partial charge is 0.463 e. The molecule has 1 aromatic rings. The number of aliphatic imine (C=N–C) groups is 1. The minimum Gasteiger partial charge on any atom is -0.463 e. The third-order valence-corrected chi connectivity index (χ3v) is 3.05. The maximum Gasteiger partial charge on any atom is 0.338 e. The summed E-state index contributed by atoms with van der Waals surface area (Å²) in [5, 5.41) is 12.6. The monoisotopic (exact) mass is 304 g/mol. The Morgan fingerprint density at radius 2 is 2.14 bits per heavy atom. The van der Waals surface area contributed by atoms with E-state index >= 15 is 0 Å². The molecule has 0 saturated heterocycles. The van der Waals surface area contributed by atoms with Gasteiger partial charge in [-0.25, -0.2) is 19.9 Å². The number of esters is 1. The third-order valence-electron chi connectivity index (χ3n) is 3.05. The van der Waals surface area contributed by atoms with E-state index in [-0.39, 0.29) is 12.6 Å². The normalized spacial score (nSPS) is 17.4. The van der Waals surface area contributed by atoms with Crippen LogP contribution in [0.5, 0.6) is 0 Å². The lowest BCUT2D eigenvalue weighted by Crippen LogP contribution is -2.43. The molecule has 0 aliphatic carbocycles. The quantitative estimate of drug-likeness (QED) is 0.493. The standard InChI is InChI=1S/C14H16N4O4/c1-3-22-13(19)11-9(2)15-14(17-18(20)21)16-12(11)10-7-5-4-6-8-10/h4-8,12H,3H2,1-2H3,(H2,15,16,17). The van der Waals surface area contributed by atoms with Crippen molar-refractivity contribution in [2.75, 3.05) is 6.61 Å².